The molecule has 0 aromatic heterocycles. The molecule has 0 aliphatic heterocycles. The van der Waals surface area contributed by atoms with E-state index in [0.717, 1.165) is 0 Å². The van der Waals surface area contributed by atoms with Gasteiger partial charge in [-0.25, -0.2) is 4.79 Å². The first-order valence-corrected chi connectivity index (χ1v) is 17.6. The number of quaternary nitrogens is 1. The van der Waals surface area contributed by atoms with Crippen molar-refractivity contribution in [1.82, 2.24) is 0 Å². The molecule has 0 saturated heterocycles. The summed E-state index contributed by atoms with van der Waals surface area (Å²) >= 11 is 0. The molecule has 0 radical (unpaired) electrons. The van der Waals surface area contributed by atoms with Gasteiger partial charge in [0.05, 0.1) is 27.2 Å². The minimum atomic E-state index is -1.83. The van der Waals surface area contributed by atoms with Crippen LogP contribution in [0.1, 0.15) is 194 Å². The molecule has 2 N–H and O–H groups in total. The second-order valence-corrected chi connectivity index (χ2v) is 12.9. The molecule has 0 saturated carbocycles. The van der Waals surface area contributed by atoms with Crippen molar-refractivity contribution in [2.24, 2.45) is 0 Å². The van der Waals surface area contributed by atoms with Crippen molar-refractivity contribution in [3.63, 3.8) is 0 Å². The van der Waals surface area contributed by atoms with E-state index >= 15 is 0 Å². The van der Waals surface area contributed by atoms with Gasteiger partial charge in [0.2, 0.25) is 0 Å². The van der Waals surface area contributed by atoms with Crippen LogP contribution in [0, 0.1) is 0 Å². The third-order valence-corrected chi connectivity index (χ3v) is 8.23. The molecule has 0 heterocycles. The fraction of sp³-hybridized carbons (Fsp3) is 0.971. The molecule has 0 amide bonds. The lowest BCUT2D eigenvalue weighted by Crippen LogP contribution is -2.41. The Bertz CT molecular complexity index is 429. The average Bonchev–Trinajstić information content (AvgIpc) is 2.88. The minimum Gasteiger partial charge on any atom is -0.450 e. The summed E-state index contributed by atoms with van der Waals surface area (Å²) in [6.07, 6.45) is 39.1. The quantitative estimate of drug-likeness (QED) is 0.0683. The van der Waals surface area contributed by atoms with Gasteiger partial charge in [-0.1, -0.05) is 168 Å². The van der Waals surface area contributed by atoms with E-state index in [1.807, 2.05) is 0 Å². The molecule has 0 aromatic carbocycles. The van der Waals surface area contributed by atoms with Crippen LogP contribution in [0.15, 0.2) is 0 Å². The highest BCUT2D eigenvalue weighted by atomic mass is 16.6. The Hall–Kier alpha value is -0.770. The van der Waals surface area contributed by atoms with Crippen molar-refractivity contribution in [3.05, 3.63) is 0 Å². The third-order valence-electron chi connectivity index (χ3n) is 8.23. The average molecular weight is 557 g/mol. The zero-order valence-electron chi connectivity index (χ0n) is 27.5. The summed E-state index contributed by atoms with van der Waals surface area (Å²) in [5.74, 6) is 0. The lowest BCUT2D eigenvalue weighted by atomic mass is 10.0. The molecular weight excluding hydrogens is 482 g/mol. The SMILES string of the molecule is CCCCCCCCCCCCCCCC[N+](C)(C)CCCCCCCCCCCCCCCC.O=C(O)O. The second-order valence-electron chi connectivity index (χ2n) is 12.9. The molecule has 0 spiro atoms. The van der Waals surface area contributed by atoms with E-state index in [1.165, 1.54) is 197 Å². The molecule has 236 valence electrons. The Morgan fingerprint density at radius 1 is 0.385 bits per heavy atom. The number of carbonyl (C=O) groups is 1. The zero-order chi connectivity index (χ0) is 29.3. The fourth-order valence-corrected chi connectivity index (χ4v) is 5.58. The summed E-state index contributed by atoms with van der Waals surface area (Å²) in [4.78, 5) is 8.56. The predicted molar refractivity (Wildman–Crippen MR) is 173 cm³/mol. The molecule has 4 heteroatoms. The Labute approximate surface area is 246 Å². The van der Waals surface area contributed by atoms with Gasteiger partial charge in [-0.2, -0.15) is 0 Å². The predicted octanol–water partition coefficient (Wildman–Crippen LogP) is 12.2. The van der Waals surface area contributed by atoms with Crippen LogP contribution in [0.4, 0.5) is 4.79 Å². The summed E-state index contributed by atoms with van der Waals surface area (Å²) in [6.45, 7) is 7.38. The monoisotopic (exact) mass is 557 g/mol. The number of carboxylic acid groups (broad SMARTS) is 2. The summed E-state index contributed by atoms with van der Waals surface area (Å²) in [7, 11) is 4.93. The Balaban J connectivity index is 0. The highest BCUT2D eigenvalue weighted by Crippen LogP contribution is 2.15. The minimum absolute atomic E-state index is 1.25. The van der Waals surface area contributed by atoms with E-state index < -0.39 is 6.16 Å². The van der Waals surface area contributed by atoms with Crippen LogP contribution in [-0.2, 0) is 0 Å². The Kier molecular flexibility index (Phi) is 34.6. The van der Waals surface area contributed by atoms with Gasteiger partial charge < -0.3 is 14.7 Å². The van der Waals surface area contributed by atoms with Crippen molar-refractivity contribution in [1.29, 1.82) is 0 Å². The number of nitrogens with zero attached hydrogens (tertiary/aromatic N) is 1. The third kappa shape index (κ3) is 41.8. The highest BCUT2D eigenvalue weighted by Gasteiger charge is 2.13. The van der Waals surface area contributed by atoms with Crippen LogP contribution in [-0.4, -0.2) is 48.0 Å². The molecule has 0 atom stereocenters. The number of hydrogen-bond acceptors (Lipinski definition) is 1. The smallest absolute Gasteiger partial charge is 0.450 e. The fourth-order valence-electron chi connectivity index (χ4n) is 5.58. The van der Waals surface area contributed by atoms with Crippen molar-refractivity contribution in [2.45, 2.75) is 194 Å². The summed E-state index contributed by atoms with van der Waals surface area (Å²) in [6, 6.07) is 0. The van der Waals surface area contributed by atoms with Crippen LogP contribution in [0.3, 0.4) is 0 Å². The van der Waals surface area contributed by atoms with Gasteiger partial charge in [-0.3, -0.25) is 0 Å². The Morgan fingerprint density at radius 2 is 0.538 bits per heavy atom. The van der Waals surface area contributed by atoms with Gasteiger partial charge in [-0.15, -0.1) is 0 Å². The van der Waals surface area contributed by atoms with E-state index in [0.29, 0.717) is 0 Å². The van der Waals surface area contributed by atoms with E-state index in [1.54, 1.807) is 0 Å². The molecule has 0 aliphatic rings. The van der Waals surface area contributed by atoms with Gasteiger partial charge in [0.15, 0.2) is 0 Å². The molecule has 39 heavy (non-hydrogen) atoms. The zero-order valence-corrected chi connectivity index (χ0v) is 27.5. The molecule has 0 unspecified atom stereocenters. The topological polar surface area (TPSA) is 57.5 Å². The van der Waals surface area contributed by atoms with Crippen LogP contribution in [0.25, 0.3) is 0 Å². The van der Waals surface area contributed by atoms with Crippen LogP contribution < -0.4 is 0 Å². The van der Waals surface area contributed by atoms with Gasteiger partial charge in [0.1, 0.15) is 0 Å². The number of rotatable bonds is 30. The van der Waals surface area contributed by atoms with Crippen LogP contribution in [0.2, 0.25) is 0 Å². The molecule has 0 fully saturated rings. The van der Waals surface area contributed by atoms with Crippen molar-refractivity contribution in [3.8, 4) is 0 Å². The maximum absolute atomic E-state index is 8.56. The Morgan fingerprint density at radius 3 is 0.718 bits per heavy atom. The summed E-state index contributed by atoms with van der Waals surface area (Å²) in [5.41, 5.74) is 0. The second kappa shape index (κ2) is 33.4. The maximum Gasteiger partial charge on any atom is 0.503 e. The first-order valence-electron chi connectivity index (χ1n) is 17.6. The van der Waals surface area contributed by atoms with Gasteiger partial charge >= 0.3 is 6.16 Å². The van der Waals surface area contributed by atoms with E-state index in [9.17, 15) is 0 Å². The van der Waals surface area contributed by atoms with Crippen molar-refractivity contribution in [2.75, 3.05) is 27.2 Å². The molecule has 0 aromatic rings. The van der Waals surface area contributed by atoms with Crippen molar-refractivity contribution < 1.29 is 19.5 Å². The van der Waals surface area contributed by atoms with Crippen LogP contribution >= 0.6 is 0 Å². The molecular formula is C35H74NO3+. The summed E-state index contributed by atoms with van der Waals surface area (Å²) in [5, 5.41) is 13.9. The van der Waals surface area contributed by atoms with Gasteiger partial charge in [0.25, 0.3) is 0 Å². The normalized spacial score (nSPS) is 11.4. The molecule has 0 aliphatic carbocycles. The first-order chi connectivity index (χ1) is 18.9. The highest BCUT2D eigenvalue weighted by molar-refractivity contribution is 5.53. The van der Waals surface area contributed by atoms with E-state index in [2.05, 4.69) is 27.9 Å². The molecule has 4 nitrogen and oxygen atoms in total. The lowest BCUT2D eigenvalue weighted by molar-refractivity contribution is -0.890. The van der Waals surface area contributed by atoms with Gasteiger partial charge in [-0.05, 0) is 25.7 Å². The lowest BCUT2D eigenvalue weighted by Gasteiger charge is -2.30. The molecule has 0 bridgehead atoms. The maximum atomic E-state index is 8.56. The van der Waals surface area contributed by atoms with Gasteiger partial charge in [0, 0.05) is 0 Å². The van der Waals surface area contributed by atoms with E-state index in [-0.39, 0.29) is 0 Å². The standard InChI is InChI=1S/C34H72N.CH2O3/c1-5-7-9-11-13-15-17-19-21-23-25-27-29-31-33-35(3,4)34-32-30-28-26-24-22-20-18-16-14-12-10-8-6-2;2-1(3)4/h5-34H2,1-4H3;(H2,2,3,4)/q+1;. The molecule has 0 rings (SSSR count). The number of hydrogen-bond donors (Lipinski definition) is 2. The van der Waals surface area contributed by atoms with Crippen LogP contribution in [0.5, 0.6) is 0 Å². The number of unbranched alkanes of at least 4 members (excludes halogenated alkanes) is 26. The van der Waals surface area contributed by atoms with E-state index in [4.69, 9.17) is 15.0 Å². The van der Waals surface area contributed by atoms with Crippen molar-refractivity contribution >= 4 is 6.16 Å². The first kappa shape index (κ1) is 40.4. The summed E-state index contributed by atoms with van der Waals surface area (Å²) < 4.78 is 1.25. The largest absolute Gasteiger partial charge is 0.503 e.